The Morgan fingerprint density at radius 3 is 2.85 bits per heavy atom. The van der Waals surface area contributed by atoms with E-state index in [9.17, 15) is 0 Å². The molecule has 0 aliphatic carbocycles. The highest BCUT2D eigenvalue weighted by molar-refractivity contribution is 7.71. The average molecular weight is 290 g/mol. The fourth-order valence-electron chi connectivity index (χ4n) is 2.63. The van der Waals surface area contributed by atoms with Gasteiger partial charge in [0.05, 0.1) is 18.8 Å². The number of aromatic nitrogens is 2. The van der Waals surface area contributed by atoms with Crippen molar-refractivity contribution in [3.63, 3.8) is 0 Å². The fraction of sp³-hybridized carbons (Fsp3) is 0.400. The fourth-order valence-corrected chi connectivity index (χ4v) is 2.85. The van der Waals surface area contributed by atoms with E-state index < -0.39 is 0 Å². The topological polar surface area (TPSA) is 39.2 Å². The minimum absolute atomic E-state index is 0.274. The van der Waals surface area contributed by atoms with E-state index in [1.807, 2.05) is 24.4 Å². The first-order valence-corrected chi connectivity index (χ1v) is 7.11. The first-order valence-electron chi connectivity index (χ1n) is 6.71. The summed E-state index contributed by atoms with van der Waals surface area (Å²) in [5.74, 6) is 0. The Hall–Kier alpha value is -1.43. The third-order valence-electron chi connectivity index (χ3n) is 3.88. The van der Waals surface area contributed by atoms with Crippen LogP contribution in [0.3, 0.4) is 0 Å². The van der Waals surface area contributed by atoms with Crippen molar-refractivity contribution in [3.8, 4) is 11.3 Å². The predicted molar refractivity (Wildman–Crippen MR) is 80.2 cm³/mol. The SMILES string of the molecule is COC1(Cn2c(-c3ccccc3)c[nH]c2=S)CCOC1. The molecule has 1 aliphatic heterocycles. The smallest absolute Gasteiger partial charge is 0.177 e. The number of aromatic amines is 1. The van der Waals surface area contributed by atoms with Crippen LogP contribution in [0.25, 0.3) is 11.3 Å². The molecule has 106 valence electrons. The van der Waals surface area contributed by atoms with E-state index in [-0.39, 0.29) is 5.60 Å². The molecule has 20 heavy (non-hydrogen) atoms. The van der Waals surface area contributed by atoms with Crippen LogP contribution in [0.1, 0.15) is 6.42 Å². The van der Waals surface area contributed by atoms with Crippen molar-refractivity contribution in [2.24, 2.45) is 0 Å². The third kappa shape index (κ3) is 2.44. The Bertz CT molecular complexity index is 627. The Morgan fingerprint density at radius 1 is 1.40 bits per heavy atom. The number of H-pyrrole nitrogens is 1. The van der Waals surface area contributed by atoms with E-state index in [0.29, 0.717) is 17.9 Å². The van der Waals surface area contributed by atoms with Crippen molar-refractivity contribution < 1.29 is 9.47 Å². The lowest BCUT2D eigenvalue weighted by Crippen LogP contribution is -2.37. The monoisotopic (exact) mass is 290 g/mol. The molecule has 5 heteroatoms. The summed E-state index contributed by atoms with van der Waals surface area (Å²) in [5, 5.41) is 0. The number of ether oxygens (including phenoxy) is 2. The number of imidazole rings is 1. The van der Waals surface area contributed by atoms with Crippen molar-refractivity contribution >= 4 is 12.2 Å². The molecular formula is C15H18N2O2S. The highest BCUT2D eigenvalue weighted by atomic mass is 32.1. The summed E-state index contributed by atoms with van der Waals surface area (Å²) < 4.78 is 14.0. The lowest BCUT2D eigenvalue weighted by Gasteiger charge is -2.27. The second-order valence-corrected chi connectivity index (χ2v) is 5.51. The van der Waals surface area contributed by atoms with E-state index in [2.05, 4.69) is 21.7 Å². The second kappa shape index (κ2) is 5.52. The number of hydrogen-bond acceptors (Lipinski definition) is 3. The van der Waals surface area contributed by atoms with Crippen molar-refractivity contribution in [1.29, 1.82) is 0 Å². The van der Waals surface area contributed by atoms with Gasteiger partial charge in [-0.15, -0.1) is 0 Å². The first kappa shape index (κ1) is 13.5. The summed E-state index contributed by atoms with van der Waals surface area (Å²) in [6, 6.07) is 10.2. The molecule has 1 aromatic heterocycles. The Morgan fingerprint density at radius 2 is 2.20 bits per heavy atom. The molecule has 1 saturated heterocycles. The van der Waals surface area contributed by atoms with Crippen LogP contribution < -0.4 is 0 Å². The highest BCUT2D eigenvalue weighted by Crippen LogP contribution is 2.28. The normalized spacial score (nSPS) is 22.2. The molecule has 1 atom stereocenters. The maximum absolute atomic E-state index is 5.71. The number of methoxy groups -OCH3 is 1. The average Bonchev–Trinajstić information content (AvgIpc) is 3.09. The van der Waals surface area contributed by atoms with Crippen LogP contribution in [0.5, 0.6) is 0 Å². The summed E-state index contributed by atoms with van der Waals surface area (Å²) in [5.41, 5.74) is 1.95. The molecule has 1 aliphatic rings. The van der Waals surface area contributed by atoms with E-state index in [1.165, 1.54) is 0 Å². The quantitative estimate of drug-likeness (QED) is 0.880. The van der Waals surface area contributed by atoms with Crippen molar-refractivity contribution in [2.45, 2.75) is 18.6 Å². The van der Waals surface area contributed by atoms with Crippen LogP contribution in [-0.4, -0.2) is 35.5 Å². The summed E-state index contributed by atoms with van der Waals surface area (Å²) >= 11 is 5.42. The molecule has 0 saturated carbocycles. The van der Waals surface area contributed by atoms with Crippen LogP contribution in [0, 0.1) is 4.77 Å². The molecule has 0 spiro atoms. The molecule has 2 aromatic rings. The standard InChI is InChI=1S/C15H18N2O2S/c1-18-15(7-8-19-11-15)10-17-13(9-16-14(17)20)12-5-3-2-4-6-12/h2-6,9H,7-8,10-11H2,1H3,(H,16,20). The number of rotatable bonds is 4. The Kier molecular flexibility index (Phi) is 3.74. The summed E-state index contributed by atoms with van der Waals surface area (Å²) in [4.78, 5) is 3.13. The molecule has 3 rings (SSSR count). The first-order chi connectivity index (χ1) is 9.74. The van der Waals surface area contributed by atoms with Gasteiger partial charge in [-0.05, 0) is 17.8 Å². The minimum atomic E-state index is -0.274. The number of hydrogen-bond donors (Lipinski definition) is 1. The molecule has 1 unspecified atom stereocenters. The number of nitrogens with one attached hydrogen (secondary N) is 1. The molecule has 0 amide bonds. The molecule has 4 nitrogen and oxygen atoms in total. The summed E-state index contributed by atoms with van der Waals surface area (Å²) in [7, 11) is 1.74. The van der Waals surface area contributed by atoms with Crippen LogP contribution in [-0.2, 0) is 16.0 Å². The zero-order valence-corrected chi connectivity index (χ0v) is 12.3. The van der Waals surface area contributed by atoms with E-state index in [4.69, 9.17) is 21.7 Å². The van der Waals surface area contributed by atoms with Crippen molar-refractivity contribution in [3.05, 3.63) is 41.3 Å². The second-order valence-electron chi connectivity index (χ2n) is 5.12. The van der Waals surface area contributed by atoms with E-state index in [0.717, 1.165) is 24.3 Å². The lowest BCUT2D eigenvalue weighted by atomic mass is 10.0. The van der Waals surface area contributed by atoms with Crippen LogP contribution in [0.4, 0.5) is 0 Å². The van der Waals surface area contributed by atoms with Gasteiger partial charge in [-0.25, -0.2) is 0 Å². The molecule has 1 aromatic carbocycles. The Labute approximate surface area is 123 Å². The Balaban J connectivity index is 1.98. The molecule has 1 fully saturated rings. The molecule has 1 N–H and O–H groups in total. The zero-order chi connectivity index (χ0) is 14.0. The maximum atomic E-state index is 5.71. The number of benzene rings is 1. The van der Waals surface area contributed by atoms with Gasteiger partial charge < -0.3 is 19.0 Å². The summed E-state index contributed by atoms with van der Waals surface area (Å²) in [6.45, 7) is 2.06. The molecule has 2 heterocycles. The predicted octanol–water partition coefficient (Wildman–Crippen LogP) is 3.02. The molecular weight excluding hydrogens is 272 g/mol. The van der Waals surface area contributed by atoms with Crippen LogP contribution >= 0.6 is 12.2 Å². The van der Waals surface area contributed by atoms with Gasteiger partial charge in [0, 0.05) is 26.3 Å². The van der Waals surface area contributed by atoms with E-state index in [1.54, 1.807) is 7.11 Å². The zero-order valence-electron chi connectivity index (χ0n) is 11.5. The molecule has 0 bridgehead atoms. The van der Waals surface area contributed by atoms with Crippen LogP contribution in [0.2, 0.25) is 0 Å². The van der Waals surface area contributed by atoms with Gasteiger partial charge in [0.25, 0.3) is 0 Å². The molecule has 0 radical (unpaired) electrons. The highest BCUT2D eigenvalue weighted by Gasteiger charge is 2.36. The van der Waals surface area contributed by atoms with Gasteiger partial charge in [0.2, 0.25) is 0 Å². The van der Waals surface area contributed by atoms with Gasteiger partial charge in [0.1, 0.15) is 5.60 Å². The maximum Gasteiger partial charge on any atom is 0.177 e. The van der Waals surface area contributed by atoms with Gasteiger partial charge in [-0.3, -0.25) is 0 Å². The lowest BCUT2D eigenvalue weighted by molar-refractivity contribution is -0.0294. The van der Waals surface area contributed by atoms with E-state index >= 15 is 0 Å². The van der Waals surface area contributed by atoms with Crippen molar-refractivity contribution in [2.75, 3.05) is 20.3 Å². The minimum Gasteiger partial charge on any atom is -0.378 e. The van der Waals surface area contributed by atoms with Crippen molar-refractivity contribution in [1.82, 2.24) is 9.55 Å². The van der Waals surface area contributed by atoms with Gasteiger partial charge >= 0.3 is 0 Å². The summed E-state index contributed by atoms with van der Waals surface area (Å²) in [6.07, 6.45) is 2.85. The third-order valence-corrected chi connectivity index (χ3v) is 4.22. The number of nitrogens with zero attached hydrogens (tertiary/aromatic N) is 1. The largest absolute Gasteiger partial charge is 0.378 e. The van der Waals surface area contributed by atoms with Crippen LogP contribution in [0.15, 0.2) is 36.5 Å². The van der Waals surface area contributed by atoms with Gasteiger partial charge in [-0.1, -0.05) is 30.3 Å². The van der Waals surface area contributed by atoms with Gasteiger partial charge in [-0.2, -0.15) is 0 Å². The van der Waals surface area contributed by atoms with Gasteiger partial charge in [0.15, 0.2) is 4.77 Å².